The maximum atomic E-state index is 4.53. The number of pyridine rings is 2. The van der Waals surface area contributed by atoms with Crippen LogP contribution in [-0.2, 0) is 39.0 Å². The molecule has 2 nitrogen and oxygen atoms in total. The van der Waals surface area contributed by atoms with E-state index in [9.17, 15) is 0 Å². The summed E-state index contributed by atoms with van der Waals surface area (Å²) in [6.45, 7) is 4.52. The summed E-state index contributed by atoms with van der Waals surface area (Å²) in [5.74, 6) is 0.276. The van der Waals surface area contributed by atoms with Crippen molar-refractivity contribution in [1.82, 2.24) is 9.97 Å². The Morgan fingerprint density at radius 2 is 0.891 bits per heavy atom. The van der Waals surface area contributed by atoms with Crippen LogP contribution in [0.1, 0.15) is 122 Å². The zero-order chi connectivity index (χ0) is 37.0. The Morgan fingerprint density at radius 3 is 1.27 bits per heavy atom. The molecule has 0 fully saturated rings. The Morgan fingerprint density at radius 1 is 0.455 bits per heavy atom. The first-order valence-electron chi connectivity index (χ1n) is 20.2. The van der Waals surface area contributed by atoms with Crippen LogP contribution in [0.5, 0.6) is 0 Å². The Bertz CT molecular complexity index is 1980. The van der Waals surface area contributed by atoms with E-state index < -0.39 is 0 Å². The third-order valence-electron chi connectivity index (χ3n) is 10.8. The van der Waals surface area contributed by atoms with E-state index in [0.717, 1.165) is 11.4 Å². The minimum absolute atomic E-state index is 0. The molecule has 0 amide bonds. The minimum Gasteiger partial charge on any atom is -0.262 e. The third-order valence-corrected chi connectivity index (χ3v) is 10.8. The monoisotopic (exact) mass is 794 g/mol. The molecule has 0 N–H and O–H groups in total. The van der Waals surface area contributed by atoms with Gasteiger partial charge in [0.15, 0.2) is 0 Å². The van der Waals surface area contributed by atoms with Crippen LogP contribution in [0.4, 0.5) is 0 Å². The summed E-state index contributed by atoms with van der Waals surface area (Å²) in [7, 11) is 0. The third kappa shape index (κ3) is 10.1. The van der Waals surface area contributed by atoms with Gasteiger partial charge in [-0.2, -0.15) is 11.1 Å². The van der Waals surface area contributed by atoms with Crippen molar-refractivity contribution >= 4 is 12.2 Å². The molecule has 0 aliphatic heterocycles. The van der Waals surface area contributed by atoms with Crippen LogP contribution in [-0.4, -0.2) is 9.97 Å². The molecule has 0 bridgehead atoms. The largest absolute Gasteiger partial charge is 2.00 e. The zero-order valence-electron chi connectivity index (χ0n) is 32.5. The number of rotatable bonds is 14. The fourth-order valence-electron chi connectivity index (χ4n) is 7.80. The Labute approximate surface area is 349 Å². The Kier molecular flexibility index (Phi) is 15.0. The van der Waals surface area contributed by atoms with E-state index in [4.69, 9.17) is 0 Å². The van der Waals surface area contributed by atoms with Gasteiger partial charge in [-0.3, -0.25) is 22.1 Å². The van der Waals surface area contributed by atoms with Crippen molar-refractivity contribution in [3.8, 4) is 22.3 Å². The van der Waals surface area contributed by atoms with Gasteiger partial charge in [-0.25, -0.2) is 12.2 Å². The van der Waals surface area contributed by atoms with Gasteiger partial charge in [0, 0.05) is 23.8 Å². The van der Waals surface area contributed by atoms with E-state index >= 15 is 0 Å². The molecule has 2 unspecified atom stereocenters. The van der Waals surface area contributed by atoms with Crippen molar-refractivity contribution in [3.63, 3.8) is 0 Å². The quantitative estimate of drug-likeness (QED) is 0.0811. The number of benzene rings is 4. The molecule has 2 heterocycles. The number of hydrogen-bond donors (Lipinski definition) is 0. The minimum atomic E-state index is 0. The molecule has 0 saturated heterocycles. The van der Waals surface area contributed by atoms with Crippen LogP contribution in [0.2, 0.25) is 0 Å². The van der Waals surface area contributed by atoms with Crippen LogP contribution < -0.4 is 0 Å². The molecule has 6 aromatic rings. The summed E-state index contributed by atoms with van der Waals surface area (Å²) >= 11 is 0. The van der Waals surface area contributed by atoms with Crippen LogP contribution in [0, 0.1) is 12.2 Å². The second-order valence-corrected chi connectivity index (χ2v) is 14.6. The summed E-state index contributed by atoms with van der Waals surface area (Å²) in [6, 6.07) is 43.6. The van der Waals surface area contributed by atoms with Gasteiger partial charge in [0.25, 0.3) is 0 Å². The van der Waals surface area contributed by atoms with E-state index in [1.54, 1.807) is 0 Å². The molecule has 0 saturated carbocycles. The summed E-state index contributed by atoms with van der Waals surface area (Å²) < 4.78 is 0. The predicted octanol–water partition coefficient (Wildman–Crippen LogP) is 13.7. The van der Waals surface area contributed by atoms with Crippen molar-refractivity contribution < 1.29 is 26.2 Å². The number of allylic oxidation sites excluding steroid dienone is 2. The second-order valence-electron chi connectivity index (χ2n) is 14.6. The first-order chi connectivity index (χ1) is 26.7. The smallest absolute Gasteiger partial charge is 0.262 e. The molecule has 55 heavy (non-hydrogen) atoms. The molecular formula is C52H52N2Zr. The standard InChI is InChI=1S/2C26H26N.Zr/c2*1-2-3-4-5-9-20-13-15-21(16-14-20)22-10-8-11-23-24(22)17-18-25(23)26-12-6-7-19-27-26;/h2*6-8,10-17,19,25H,2-5,9H2,1H3;/q2*-1;+2. The molecule has 8 rings (SSSR count). The van der Waals surface area contributed by atoms with Crippen molar-refractivity contribution in [2.24, 2.45) is 0 Å². The molecule has 4 aromatic carbocycles. The molecule has 2 aromatic heterocycles. The first kappa shape index (κ1) is 40.2. The van der Waals surface area contributed by atoms with E-state index in [0.29, 0.717) is 0 Å². The van der Waals surface area contributed by atoms with E-state index in [-0.39, 0.29) is 38.0 Å². The van der Waals surface area contributed by atoms with Crippen molar-refractivity contribution in [2.75, 3.05) is 0 Å². The fraction of sp³-hybridized carbons (Fsp3) is 0.269. The molecule has 2 atom stereocenters. The maximum absolute atomic E-state index is 4.53. The van der Waals surface area contributed by atoms with Crippen molar-refractivity contribution in [2.45, 2.75) is 89.9 Å². The normalized spacial score (nSPS) is 14.8. The molecule has 2 aliphatic rings. The number of hydrogen-bond acceptors (Lipinski definition) is 2. The summed E-state index contributed by atoms with van der Waals surface area (Å²) in [5.41, 5.74) is 15.3. The number of nitrogens with zero attached hydrogens (tertiary/aromatic N) is 2. The van der Waals surface area contributed by atoms with E-state index in [1.165, 1.54) is 120 Å². The van der Waals surface area contributed by atoms with Gasteiger partial charge in [0.05, 0.1) is 0 Å². The van der Waals surface area contributed by atoms with E-state index in [1.807, 2.05) is 36.7 Å². The Balaban J connectivity index is 0.000000184. The number of fused-ring (bicyclic) bond motifs is 2. The molecule has 0 spiro atoms. The van der Waals surface area contributed by atoms with Gasteiger partial charge in [-0.1, -0.05) is 161 Å². The molecule has 2 aliphatic carbocycles. The molecule has 3 heteroatoms. The van der Waals surface area contributed by atoms with Gasteiger partial charge < -0.3 is 0 Å². The number of aryl methyl sites for hydroxylation is 2. The number of aromatic nitrogens is 2. The van der Waals surface area contributed by atoms with Crippen LogP contribution in [0.25, 0.3) is 34.4 Å². The Hall–Kier alpha value is -4.46. The average molecular weight is 796 g/mol. The molecule has 274 valence electrons. The van der Waals surface area contributed by atoms with Crippen LogP contribution in [0.15, 0.2) is 134 Å². The predicted molar refractivity (Wildman–Crippen MR) is 227 cm³/mol. The SMILES string of the molecule is CCCCCCc1ccc(-c2cccc3c2C=[C-]C3c2ccccn2)cc1.CCCCCCc1ccc(-c2cccc3c2C=[C-]C3c2ccccn2)cc1.[Zr+2]. The maximum Gasteiger partial charge on any atom is 2.00 e. The van der Waals surface area contributed by atoms with Gasteiger partial charge in [0.1, 0.15) is 0 Å². The fourth-order valence-corrected chi connectivity index (χ4v) is 7.80. The van der Waals surface area contributed by atoms with Gasteiger partial charge in [-0.15, -0.1) is 11.1 Å². The molecule has 0 radical (unpaired) electrons. The summed E-state index contributed by atoms with van der Waals surface area (Å²) in [4.78, 5) is 9.07. The van der Waals surface area contributed by atoms with Crippen molar-refractivity contribution in [1.29, 1.82) is 0 Å². The topological polar surface area (TPSA) is 25.8 Å². The van der Waals surface area contributed by atoms with Gasteiger partial charge in [0.2, 0.25) is 0 Å². The van der Waals surface area contributed by atoms with Crippen LogP contribution >= 0.6 is 0 Å². The second kappa shape index (κ2) is 20.5. The van der Waals surface area contributed by atoms with Crippen molar-refractivity contribution in [3.05, 3.63) is 191 Å². The average Bonchev–Trinajstić information content (AvgIpc) is 3.88. The van der Waals surface area contributed by atoms with Gasteiger partial charge >= 0.3 is 26.2 Å². The summed E-state index contributed by atoms with van der Waals surface area (Å²) in [5, 5.41) is 0. The van der Waals surface area contributed by atoms with Gasteiger partial charge in [-0.05, 0) is 84.0 Å². The first-order valence-corrected chi connectivity index (χ1v) is 20.2. The van der Waals surface area contributed by atoms with E-state index in [2.05, 4.69) is 145 Å². The van der Waals surface area contributed by atoms with Crippen LogP contribution in [0.3, 0.4) is 0 Å². The number of unbranched alkanes of at least 4 members (excludes halogenated alkanes) is 6. The summed E-state index contributed by atoms with van der Waals surface area (Å²) in [6.07, 6.45) is 27.9. The zero-order valence-corrected chi connectivity index (χ0v) is 34.9. The molecular weight excluding hydrogens is 744 g/mol.